The number of anilines is 1. The van der Waals surface area contributed by atoms with Crippen molar-refractivity contribution in [3.05, 3.63) is 18.2 Å². The molecular weight excluding hydrogens is 416 g/mol. The Kier molecular flexibility index (Phi) is 3.80. The van der Waals surface area contributed by atoms with Crippen molar-refractivity contribution < 1.29 is 14.3 Å². The highest BCUT2D eigenvalue weighted by Crippen LogP contribution is 2.72. The molecule has 7 heteroatoms. The van der Waals surface area contributed by atoms with Crippen molar-refractivity contribution in [3.8, 4) is 5.75 Å². The molecule has 2 aromatic rings. The Bertz CT molecular complexity index is 940. The average Bonchev–Trinajstić information content (AvgIpc) is 3.12. The summed E-state index contributed by atoms with van der Waals surface area (Å²) < 4.78 is 6.19. The Morgan fingerprint density at radius 2 is 2.08 bits per heavy atom. The van der Waals surface area contributed by atoms with Gasteiger partial charge in [-0.1, -0.05) is 48.0 Å². The fourth-order valence-electron chi connectivity index (χ4n) is 4.75. The number of carbonyl (C=O) groups is 2. The second-order valence-electron chi connectivity index (χ2n) is 7.96. The smallest absolute Gasteiger partial charge is 0.234 e. The van der Waals surface area contributed by atoms with Crippen LogP contribution in [0.5, 0.6) is 5.75 Å². The highest BCUT2D eigenvalue weighted by molar-refractivity contribution is 9.10. The van der Waals surface area contributed by atoms with Crippen molar-refractivity contribution >= 4 is 54.3 Å². The van der Waals surface area contributed by atoms with Crippen LogP contribution in [-0.2, 0) is 9.59 Å². The van der Waals surface area contributed by atoms with E-state index in [9.17, 15) is 9.59 Å². The number of benzene rings is 1. The van der Waals surface area contributed by atoms with Crippen LogP contribution in [0.25, 0.3) is 10.2 Å². The molecule has 0 saturated heterocycles. The van der Waals surface area contributed by atoms with Crippen LogP contribution in [0, 0.1) is 16.2 Å². The zero-order valence-corrected chi connectivity index (χ0v) is 17.6. The molecule has 2 fully saturated rings. The number of ether oxygens (including phenoxy) is 1. The van der Waals surface area contributed by atoms with E-state index < -0.39 is 21.1 Å². The molecule has 2 saturated carbocycles. The fraction of sp³-hybridized carbons (Fsp3) is 0.526. The molecule has 26 heavy (non-hydrogen) atoms. The van der Waals surface area contributed by atoms with Crippen molar-refractivity contribution in [2.75, 3.05) is 12.4 Å². The van der Waals surface area contributed by atoms with Gasteiger partial charge in [0.05, 0.1) is 27.6 Å². The molecule has 3 unspecified atom stereocenters. The molecule has 1 aromatic carbocycles. The molecule has 2 bridgehead atoms. The third-order valence-electron chi connectivity index (χ3n) is 6.94. The Morgan fingerprint density at radius 1 is 1.35 bits per heavy atom. The minimum absolute atomic E-state index is 0.120. The van der Waals surface area contributed by atoms with Crippen molar-refractivity contribution in [2.24, 2.45) is 16.2 Å². The van der Waals surface area contributed by atoms with Crippen LogP contribution in [0.2, 0.25) is 0 Å². The molecule has 1 aromatic heterocycles. The number of hydrogen-bond acceptors (Lipinski definition) is 5. The van der Waals surface area contributed by atoms with Gasteiger partial charge in [-0.15, -0.1) is 0 Å². The van der Waals surface area contributed by atoms with Gasteiger partial charge in [-0.3, -0.25) is 9.59 Å². The van der Waals surface area contributed by atoms with Crippen LogP contribution in [0.1, 0.15) is 33.6 Å². The molecular formula is C19H21BrN2O3S. The second kappa shape index (κ2) is 5.52. The van der Waals surface area contributed by atoms with Gasteiger partial charge >= 0.3 is 0 Å². The quantitative estimate of drug-likeness (QED) is 0.723. The first-order valence-electron chi connectivity index (χ1n) is 8.62. The van der Waals surface area contributed by atoms with Gasteiger partial charge in [-0.05, 0) is 36.5 Å². The number of methoxy groups -OCH3 is 1. The maximum atomic E-state index is 13.4. The number of nitrogens with one attached hydrogen (secondary N) is 1. The van der Waals surface area contributed by atoms with Gasteiger partial charge in [-0.2, -0.15) is 0 Å². The highest BCUT2D eigenvalue weighted by atomic mass is 79.9. The van der Waals surface area contributed by atoms with Crippen molar-refractivity contribution in [2.45, 2.75) is 38.4 Å². The third-order valence-corrected chi connectivity index (χ3v) is 9.07. The van der Waals surface area contributed by atoms with Gasteiger partial charge in [-0.25, -0.2) is 4.98 Å². The molecule has 1 amide bonds. The lowest BCUT2D eigenvalue weighted by Crippen LogP contribution is -2.47. The monoisotopic (exact) mass is 436 g/mol. The highest BCUT2D eigenvalue weighted by Gasteiger charge is 2.76. The lowest BCUT2D eigenvalue weighted by atomic mass is 9.64. The van der Waals surface area contributed by atoms with Crippen LogP contribution < -0.4 is 10.1 Å². The average molecular weight is 437 g/mol. The van der Waals surface area contributed by atoms with E-state index in [1.54, 1.807) is 7.11 Å². The number of ketones is 1. The van der Waals surface area contributed by atoms with Gasteiger partial charge in [0.15, 0.2) is 10.9 Å². The van der Waals surface area contributed by atoms with E-state index in [-0.39, 0.29) is 11.7 Å². The summed E-state index contributed by atoms with van der Waals surface area (Å²) in [7, 11) is 1.62. The number of nitrogens with zero attached hydrogens (tertiary/aromatic N) is 1. The molecule has 2 aliphatic carbocycles. The van der Waals surface area contributed by atoms with E-state index in [4.69, 9.17) is 4.74 Å². The number of hydrogen-bond donors (Lipinski definition) is 1. The maximum Gasteiger partial charge on any atom is 0.234 e. The number of amides is 1. The molecule has 1 heterocycles. The number of aromatic nitrogens is 1. The summed E-state index contributed by atoms with van der Waals surface area (Å²) in [5, 5.41) is 3.55. The molecule has 138 valence electrons. The van der Waals surface area contributed by atoms with Gasteiger partial charge in [0.2, 0.25) is 5.91 Å². The van der Waals surface area contributed by atoms with E-state index >= 15 is 0 Å². The Hall–Kier alpha value is -1.47. The van der Waals surface area contributed by atoms with Crippen molar-refractivity contribution in [3.63, 3.8) is 0 Å². The summed E-state index contributed by atoms with van der Waals surface area (Å²) in [4.78, 5) is 30.2. The number of Topliss-reactive ketones (excluding diaryl/α,β-unsaturated/α-hetero) is 1. The number of fused-ring (bicyclic) bond motifs is 3. The maximum absolute atomic E-state index is 13.4. The second-order valence-corrected chi connectivity index (χ2v) is 9.91. The molecule has 0 spiro atoms. The normalized spacial score (nSPS) is 32.2. The number of alkyl halides is 1. The molecule has 1 N–H and O–H groups in total. The lowest BCUT2D eigenvalue weighted by molar-refractivity contribution is -0.130. The Morgan fingerprint density at radius 3 is 2.69 bits per heavy atom. The van der Waals surface area contributed by atoms with Gasteiger partial charge in [0, 0.05) is 5.41 Å². The van der Waals surface area contributed by atoms with E-state index in [2.05, 4.69) is 26.2 Å². The summed E-state index contributed by atoms with van der Waals surface area (Å²) in [5.74, 6) is 0.773. The van der Waals surface area contributed by atoms with Crippen LogP contribution in [0.4, 0.5) is 5.13 Å². The first-order chi connectivity index (χ1) is 12.2. The SMILES string of the molecule is COc1ccc2nc(NC(=O)C34CCC(C)(C(=O)C3Br)C4(C)C)sc2c1. The minimum atomic E-state index is -0.756. The zero-order chi connectivity index (χ0) is 18.9. The third kappa shape index (κ3) is 1.99. The molecule has 0 radical (unpaired) electrons. The largest absolute Gasteiger partial charge is 0.497 e. The number of rotatable bonds is 3. The lowest BCUT2D eigenvalue weighted by Gasteiger charge is -2.39. The predicted molar refractivity (Wildman–Crippen MR) is 106 cm³/mol. The first kappa shape index (κ1) is 17.9. The summed E-state index contributed by atoms with van der Waals surface area (Å²) in [5.41, 5.74) is -0.833. The fourth-order valence-corrected chi connectivity index (χ4v) is 7.15. The van der Waals surface area contributed by atoms with Crippen LogP contribution in [0.3, 0.4) is 0 Å². The molecule has 3 atom stereocenters. The van der Waals surface area contributed by atoms with Crippen molar-refractivity contribution in [1.82, 2.24) is 4.98 Å². The first-order valence-corrected chi connectivity index (χ1v) is 10.3. The molecule has 0 aliphatic heterocycles. The zero-order valence-electron chi connectivity index (χ0n) is 15.2. The van der Waals surface area contributed by atoms with E-state index in [0.717, 1.165) is 22.4 Å². The summed E-state index contributed by atoms with van der Waals surface area (Å²) in [6, 6.07) is 5.63. The van der Waals surface area contributed by atoms with Crippen LogP contribution in [0.15, 0.2) is 18.2 Å². The Balaban J connectivity index is 1.69. The standard InChI is InChI=1S/C19H21BrN2O3S/c1-17(2)18(3)7-8-19(17,13(20)14(18)23)15(24)22-16-21-11-6-5-10(25-4)9-12(11)26-16/h5-6,9,13H,7-8H2,1-4H3,(H,21,22,24). The summed E-state index contributed by atoms with van der Waals surface area (Å²) in [6.07, 6.45) is 1.44. The molecule has 4 rings (SSSR count). The van der Waals surface area contributed by atoms with Gasteiger partial charge in [0.25, 0.3) is 0 Å². The van der Waals surface area contributed by atoms with Crippen LogP contribution in [-0.4, -0.2) is 28.6 Å². The van der Waals surface area contributed by atoms with Gasteiger partial charge in [0.1, 0.15) is 5.75 Å². The topological polar surface area (TPSA) is 68.3 Å². The van der Waals surface area contributed by atoms with E-state index in [0.29, 0.717) is 11.6 Å². The number of halogens is 1. The van der Waals surface area contributed by atoms with Crippen LogP contribution >= 0.6 is 27.3 Å². The Labute approximate surface area is 164 Å². The number of thiazole rings is 1. The summed E-state index contributed by atoms with van der Waals surface area (Å²) >= 11 is 4.97. The van der Waals surface area contributed by atoms with E-state index in [1.807, 2.05) is 39.0 Å². The predicted octanol–water partition coefficient (Wildman–Crippen LogP) is 4.40. The summed E-state index contributed by atoms with van der Waals surface area (Å²) in [6.45, 7) is 6.08. The van der Waals surface area contributed by atoms with Gasteiger partial charge < -0.3 is 10.1 Å². The number of carbonyl (C=O) groups excluding carboxylic acids is 2. The molecule has 5 nitrogen and oxygen atoms in total. The molecule has 2 aliphatic rings. The van der Waals surface area contributed by atoms with Crippen molar-refractivity contribution in [1.29, 1.82) is 0 Å². The van der Waals surface area contributed by atoms with E-state index in [1.165, 1.54) is 11.3 Å². The minimum Gasteiger partial charge on any atom is -0.497 e.